The molecule has 1 aromatic heterocycles. The maximum absolute atomic E-state index is 6.41. The maximum atomic E-state index is 6.41. The number of halogens is 2. The number of anilines is 1. The summed E-state index contributed by atoms with van der Waals surface area (Å²) in [6, 6.07) is 14.2. The molecule has 0 aliphatic heterocycles. The van der Waals surface area contributed by atoms with Crippen molar-refractivity contribution < 1.29 is 0 Å². The normalized spacial score (nSPS) is 20.4. The SMILES string of the molecule is N[C@@H]1CCCC[C@H]1Nc1nc2ccccc2n1Cc1ccc(Cl)cc1Cl. The third kappa shape index (κ3) is 3.54. The van der Waals surface area contributed by atoms with Crippen LogP contribution in [0.3, 0.4) is 0 Å². The number of para-hydroxylation sites is 2. The Balaban J connectivity index is 1.71. The van der Waals surface area contributed by atoms with Crippen molar-refractivity contribution in [3.05, 3.63) is 58.1 Å². The molecule has 3 aromatic rings. The summed E-state index contributed by atoms with van der Waals surface area (Å²) < 4.78 is 2.17. The van der Waals surface area contributed by atoms with Gasteiger partial charge in [-0.3, -0.25) is 0 Å². The van der Waals surface area contributed by atoms with Gasteiger partial charge in [0.05, 0.1) is 17.6 Å². The Morgan fingerprint density at radius 3 is 2.73 bits per heavy atom. The molecule has 136 valence electrons. The summed E-state index contributed by atoms with van der Waals surface area (Å²) in [4.78, 5) is 4.81. The van der Waals surface area contributed by atoms with Gasteiger partial charge < -0.3 is 15.6 Å². The fraction of sp³-hybridized carbons (Fsp3) is 0.350. The molecule has 0 radical (unpaired) electrons. The van der Waals surface area contributed by atoms with Crippen LogP contribution in [-0.4, -0.2) is 21.6 Å². The molecule has 0 unspecified atom stereocenters. The number of aromatic nitrogens is 2. The monoisotopic (exact) mass is 388 g/mol. The highest BCUT2D eigenvalue weighted by Crippen LogP contribution is 2.28. The van der Waals surface area contributed by atoms with E-state index in [9.17, 15) is 0 Å². The largest absolute Gasteiger partial charge is 0.351 e. The Bertz CT molecular complexity index is 921. The molecule has 1 aliphatic rings. The standard InChI is InChI=1S/C20H22Cl2N4/c21-14-10-9-13(15(22)11-14)12-26-19-8-4-3-7-18(19)25-20(26)24-17-6-2-1-5-16(17)23/h3-4,7-11,16-17H,1-2,5-6,12,23H2,(H,24,25)/t16-,17-/m1/s1. The van der Waals surface area contributed by atoms with Gasteiger partial charge in [-0.2, -0.15) is 0 Å². The van der Waals surface area contributed by atoms with Crippen LogP contribution in [0.2, 0.25) is 10.0 Å². The number of benzene rings is 2. The smallest absolute Gasteiger partial charge is 0.204 e. The molecule has 2 aromatic carbocycles. The fourth-order valence-corrected chi connectivity index (χ4v) is 4.14. The van der Waals surface area contributed by atoms with Crippen LogP contribution in [0.4, 0.5) is 5.95 Å². The molecule has 1 aliphatic carbocycles. The summed E-state index contributed by atoms with van der Waals surface area (Å²) in [5.74, 6) is 0.847. The first-order chi connectivity index (χ1) is 12.6. The van der Waals surface area contributed by atoms with E-state index < -0.39 is 0 Å². The molecule has 6 heteroatoms. The van der Waals surface area contributed by atoms with E-state index in [1.165, 1.54) is 12.8 Å². The lowest BCUT2D eigenvalue weighted by Gasteiger charge is -2.30. The van der Waals surface area contributed by atoms with Crippen molar-refractivity contribution in [2.24, 2.45) is 5.73 Å². The van der Waals surface area contributed by atoms with Crippen LogP contribution in [0, 0.1) is 0 Å². The van der Waals surface area contributed by atoms with Crippen molar-refractivity contribution in [2.75, 3.05) is 5.32 Å². The molecule has 0 amide bonds. The summed E-state index contributed by atoms with van der Waals surface area (Å²) in [5, 5.41) is 4.90. The van der Waals surface area contributed by atoms with Gasteiger partial charge in [-0.05, 0) is 42.7 Å². The van der Waals surface area contributed by atoms with E-state index in [-0.39, 0.29) is 12.1 Å². The van der Waals surface area contributed by atoms with Crippen LogP contribution in [0.15, 0.2) is 42.5 Å². The van der Waals surface area contributed by atoms with Crippen molar-refractivity contribution in [2.45, 2.75) is 44.3 Å². The zero-order valence-corrected chi connectivity index (χ0v) is 16.0. The van der Waals surface area contributed by atoms with Crippen molar-refractivity contribution in [1.82, 2.24) is 9.55 Å². The van der Waals surface area contributed by atoms with Crippen LogP contribution >= 0.6 is 23.2 Å². The number of imidazole rings is 1. The molecule has 0 saturated heterocycles. The Morgan fingerprint density at radius 1 is 1.12 bits per heavy atom. The van der Waals surface area contributed by atoms with Crippen LogP contribution < -0.4 is 11.1 Å². The van der Waals surface area contributed by atoms with E-state index in [2.05, 4.69) is 16.0 Å². The number of nitrogens with two attached hydrogens (primary N) is 1. The minimum Gasteiger partial charge on any atom is -0.351 e. The zero-order chi connectivity index (χ0) is 18.1. The quantitative estimate of drug-likeness (QED) is 0.655. The Kier molecular flexibility index (Phi) is 5.07. The molecular weight excluding hydrogens is 367 g/mol. The molecule has 4 nitrogen and oxygen atoms in total. The molecule has 0 bridgehead atoms. The first kappa shape index (κ1) is 17.7. The van der Waals surface area contributed by atoms with Crippen molar-refractivity contribution in [3.8, 4) is 0 Å². The topological polar surface area (TPSA) is 55.9 Å². The van der Waals surface area contributed by atoms with Crippen molar-refractivity contribution in [3.63, 3.8) is 0 Å². The van der Waals surface area contributed by atoms with Gasteiger partial charge in [0.2, 0.25) is 5.95 Å². The Morgan fingerprint density at radius 2 is 1.92 bits per heavy atom. The minimum atomic E-state index is 0.163. The first-order valence-corrected chi connectivity index (χ1v) is 9.79. The first-order valence-electron chi connectivity index (χ1n) is 9.03. The van der Waals surface area contributed by atoms with E-state index >= 15 is 0 Å². The fourth-order valence-electron chi connectivity index (χ4n) is 3.67. The highest BCUT2D eigenvalue weighted by atomic mass is 35.5. The highest BCUT2D eigenvalue weighted by Gasteiger charge is 2.24. The Hall–Kier alpha value is -1.75. The lowest BCUT2D eigenvalue weighted by atomic mass is 9.91. The van der Waals surface area contributed by atoms with Crippen molar-refractivity contribution >= 4 is 40.2 Å². The van der Waals surface area contributed by atoms with Gasteiger partial charge in [0.1, 0.15) is 0 Å². The number of nitrogens with one attached hydrogen (secondary N) is 1. The number of hydrogen-bond acceptors (Lipinski definition) is 3. The molecule has 0 spiro atoms. The lowest BCUT2D eigenvalue weighted by Crippen LogP contribution is -2.43. The summed E-state index contributed by atoms with van der Waals surface area (Å²) in [6.07, 6.45) is 4.54. The second-order valence-corrected chi connectivity index (χ2v) is 7.79. The second kappa shape index (κ2) is 7.47. The van der Waals surface area contributed by atoms with Gasteiger partial charge in [-0.1, -0.05) is 54.2 Å². The lowest BCUT2D eigenvalue weighted by molar-refractivity contribution is 0.401. The van der Waals surface area contributed by atoms with Gasteiger partial charge in [0.25, 0.3) is 0 Å². The second-order valence-electron chi connectivity index (χ2n) is 6.95. The average Bonchev–Trinajstić information content (AvgIpc) is 2.97. The summed E-state index contributed by atoms with van der Waals surface area (Å²) in [7, 11) is 0. The van der Waals surface area contributed by atoms with E-state index in [1.807, 2.05) is 30.3 Å². The van der Waals surface area contributed by atoms with Crippen LogP contribution in [0.25, 0.3) is 11.0 Å². The summed E-state index contributed by atoms with van der Waals surface area (Å²) >= 11 is 12.4. The third-order valence-corrected chi connectivity index (χ3v) is 5.72. The third-order valence-electron chi connectivity index (χ3n) is 5.13. The maximum Gasteiger partial charge on any atom is 0.204 e. The summed E-state index contributed by atoms with van der Waals surface area (Å²) in [6.45, 7) is 0.626. The highest BCUT2D eigenvalue weighted by molar-refractivity contribution is 6.35. The van der Waals surface area contributed by atoms with Gasteiger partial charge in [0, 0.05) is 22.1 Å². The summed E-state index contributed by atoms with van der Waals surface area (Å²) in [5.41, 5.74) is 9.38. The van der Waals surface area contributed by atoms with Gasteiger partial charge >= 0.3 is 0 Å². The van der Waals surface area contributed by atoms with Crippen LogP contribution in [-0.2, 0) is 6.54 Å². The van der Waals surface area contributed by atoms with E-state index in [0.717, 1.165) is 35.4 Å². The number of hydrogen-bond donors (Lipinski definition) is 2. The van der Waals surface area contributed by atoms with Gasteiger partial charge in [0.15, 0.2) is 0 Å². The van der Waals surface area contributed by atoms with E-state index in [4.69, 9.17) is 33.9 Å². The predicted molar refractivity (Wildman–Crippen MR) is 109 cm³/mol. The van der Waals surface area contributed by atoms with Crippen LogP contribution in [0.1, 0.15) is 31.2 Å². The van der Waals surface area contributed by atoms with E-state index in [1.54, 1.807) is 6.07 Å². The molecule has 3 N–H and O–H groups in total. The number of rotatable bonds is 4. The van der Waals surface area contributed by atoms with Crippen molar-refractivity contribution in [1.29, 1.82) is 0 Å². The molecular formula is C20H22Cl2N4. The molecule has 4 rings (SSSR count). The van der Waals surface area contributed by atoms with Gasteiger partial charge in [-0.25, -0.2) is 4.98 Å². The van der Waals surface area contributed by atoms with E-state index in [0.29, 0.717) is 16.6 Å². The van der Waals surface area contributed by atoms with Gasteiger partial charge in [-0.15, -0.1) is 0 Å². The number of nitrogens with zero attached hydrogens (tertiary/aromatic N) is 2. The predicted octanol–water partition coefficient (Wildman–Crippen LogP) is 5.07. The zero-order valence-electron chi connectivity index (χ0n) is 14.5. The molecule has 2 atom stereocenters. The molecule has 1 fully saturated rings. The molecule has 1 saturated carbocycles. The molecule has 26 heavy (non-hydrogen) atoms. The molecule has 1 heterocycles. The minimum absolute atomic E-state index is 0.163. The average molecular weight is 389 g/mol. The van der Waals surface area contributed by atoms with Crippen LogP contribution in [0.5, 0.6) is 0 Å². The Labute approximate surface area is 163 Å². The number of fused-ring (bicyclic) bond motifs is 1.